The van der Waals surface area contributed by atoms with Crippen LogP contribution in [0, 0.1) is 0 Å². The van der Waals surface area contributed by atoms with E-state index in [1.54, 1.807) is 0 Å². The molecule has 0 spiro atoms. The van der Waals surface area contributed by atoms with Gasteiger partial charge in [-0.25, -0.2) is 0 Å². The van der Waals surface area contributed by atoms with E-state index < -0.39 is 5.60 Å². The van der Waals surface area contributed by atoms with Crippen molar-refractivity contribution in [1.82, 2.24) is 0 Å². The predicted octanol–water partition coefficient (Wildman–Crippen LogP) is 2.51. The third-order valence-corrected chi connectivity index (χ3v) is 3.00. The summed E-state index contributed by atoms with van der Waals surface area (Å²) in [5.74, 6) is 0. The third-order valence-electron chi connectivity index (χ3n) is 3.00. The van der Waals surface area contributed by atoms with Gasteiger partial charge < -0.3 is 9.84 Å². The summed E-state index contributed by atoms with van der Waals surface area (Å²) in [7, 11) is 0. The SMILES string of the molecule is C[C@]1(O)CC[C@@H](OCc2ccccc2)C1. The second-order valence-electron chi connectivity index (χ2n) is 4.66. The highest BCUT2D eigenvalue weighted by atomic mass is 16.5. The van der Waals surface area contributed by atoms with E-state index in [9.17, 15) is 5.11 Å². The van der Waals surface area contributed by atoms with Gasteiger partial charge in [-0.15, -0.1) is 0 Å². The van der Waals surface area contributed by atoms with E-state index in [-0.39, 0.29) is 6.10 Å². The zero-order valence-electron chi connectivity index (χ0n) is 9.15. The minimum absolute atomic E-state index is 0.222. The number of ether oxygens (including phenoxy) is 1. The van der Waals surface area contributed by atoms with Crippen molar-refractivity contribution in [2.75, 3.05) is 0 Å². The molecule has 0 radical (unpaired) electrons. The maximum Gasteiger partial charge on any atom is 0.0720 e. The Balaban J connectivity index is 1.80. The van der Waals surface area contributed by atoms with Crippen molar-refractivity contribution in [2.24, 2.45) is 0 Å². The second kappa shape index (κ2) is 4.33. The monoisotopic (exact) mass is 206 g/mol. The van der Waals surface area contributed by atoms with Crippen LogP contribution >= 0.6 is 0 Å². The Morgan fingerprint density at radius 2 is 2.13 bits per heavy atom. The molecule has 0 amide bonds. The Morgan fingerprint density at radius 3 is 2.73 bits per heavy atom. The largest absolute Gasteiger partial charge is 0.390 e. The molecule has 1 saturated carbocycles. The van der Waals surface area contributed by atoms with Crippen LogP contribution in [0.5, 0.6) is 0 Å². The predicted molar refractivity (Wildman–Crippen MR) is 59.5 cm³/mol. The highest BCUT2D eigenvalue weighted by molar-refractivity contribution is 5.13. The van der Waals surface area contributed by atoms with E-state index in [1.807, 2.05) is 25.1 Å². The smallest absolute Gasteiger partial charge is 0.0720 e. The highest BCUT2D eigenvalue weighted by Gasteiger charge is 2.33. The summed E-state index contributed by atoms with van der Waals surface area (Å²) in [4.78, 5) is 0. The molecule has 0 bridgehead atoms. The zero-order valence-corrected chi connectivity index (χ0v) is 9.15. The molecular weight excluding hydrogens is 188 g/mol. The summed E-state index contributed by atoms with van der Waals surface area (Å²) in [5.41, 5.74) is 0.686. The Kier molecular flexibility index (Phi) is 3.08. The number of benzene rings is 1. The van der Waals surface area contributed by atoms with Crippen LogP contribution < -0.4 is 0 Å². The van der Waals surface area contributed by atoms with E-state index in [1.165, 1.54) is 5.56 Å². The van der Waals surface area contributed by atoms with Crippen molar-refractivity contribution in [3.63, 3.8) is 0 Å². The first-order chi connectivity index (χ1) is 7.16. The molecule has 1 aromatic rings. The minimum atomic E-state index is -0.513. The third kappa shape index (κ3) is 3.05. The van der Waals surface area contributed by atoms with E-state index >= 15 is 0 Å². The molecule has 1 aliphatic rings. The summed E-state index contributed by atoms with van der Waals surface area (Å²) in [6, 6.07) is 10.2. The first-order valence-corrected chi connectivity index (χ1v) is 5.54. The quantitative estimate of drug-likeness (QED) is 0.823. The van der Waals surface area contributed by atoms with Crippen LogP contribution in [0.1, 0.15) is 31.7 Å². The van der Waals surface area contributed by atoms with E-state index in [0.29, 0.717) is 6.61 Å². The van der Waals surface area contributed by atoms with Crippen LogP contribution in [-0.4, -0.2) is 16.8 Å². The Hall–Kier alpha value is -0.860. The second-order valence-corrected chi connectivity index (χ2v) is 4.66. The van der Waals surface area contributed by atoms with Gasteiger partial charge in [-0.2, -0.15) is 0 Å². The van der Waals surface area contributed by atoms with Gasteiger partial charge in [0.05, 0.1) is 18.3 Å². The van der Waals surface area contributed by atoms with Crippen LogP contribution in [-0.2, 0) is 11.3 Å². The van der Waals surface area contributed by atoms with E-state index in [4.69, 9.17) is 4.74 Å². The number of hydrogen-bond donors (Lipinski definition) is 1. The average Bonchev–Trinajstić information content (AvgIpc) is 2.57. The minimum Gasteiger partial charge on any atom is -0.390 e. The molecule has 0 saturated heterocycles. The highest BCUT2D eigenvalue weighted by Crippen LogP contribution is 2.31. The van der Waals surface area contributed by atoms with Gasteiger partial charge in [-0.1, -0.05) is 30.3 Å². The summed E-state index contributed by atoms with van der Waals surface area (Å²) < 4.78 is 5.76. The van der Waals surface area contributed by atoms with Gasteiger partial charge in [0, 0.05) is 6.42 Å². The molecule has 2 rings (SSSR count). The maximum absolute atomic E-state index is 9.78. The molecule has 1 aliphatic carbocycles. The topological polar surface area (TPSA) is 29.5 Å². The molecule has 1 fully saturated rings. The van der Waals surface area contributed by atoms with Crippen molar-refractivity contribution >= 4 is 0 Å². The lowest BCUT2D eigenvalue weighted by molar-refractivity contribution is 0.0108. The normalized spacial score (nSPS) is 30.7. The first kappa shape index (κ1) is 10.7. The lowest BCUT2D eigenvalue weighted by atomic mass is 10.1. The molecule has 82 valence electrons. The molecule has 2 nitrogen and oxygen atoms in total. The first-order valence-electron chi connectivity index (χ1n) is 5.54. The van der Waals surface area contributed by atoms with Crippen molar-refractivity contribution in [3.05, 3.63) is 35.9 Å². The molecule has 2 heteroatoms. The van der Waals surface area contributed by atoms with Crippen LogP contribution in [0.25, 0.3) is 0 Å². The van der Waals surface area contributed by atoms with Crippen molar-refractivity contribution in [2.45, 2.75) is 44.5 Å². The van der Waals surface area contributed by atoms with Gasteiger partial charge in [0.15, 0.2) is 0 Å². The van der Waals surface area contributed by atoms with Crippen LogP contribution in [0.3, 0.4) is 0 Å². The standard InChI is InChI=1S/C13H18O2/c1-13(14)8-7-12(9-13)15-10-11-5-3-2-4-6-11/h2-6,12,14H,7-10H2,1H3/t12-,13+/m1/s1. The van der Waals surface area contributed by atoms with Crippen LogP contribution in [0.2, 0.25) is 0 Å². The number of rotatable bonds is 3. The number of aliphatic hydroxyl groups is 1. The Labute approximate surface area is 90.9 Å². The molecule has 0 unspecified atom stereocenters. The fourth-order valence-corrected chi connectivity index (χ4v) is 2.10. The average molecular weight is 206 g/mol. The Bertz CT molecular complexity index is 306. The molecule has 15 heavy (non-hydrogen) atoms. The summed E-state index contributed by atoms with van der Waals surface area (Å²) in [6.45, 7) is 2.54. The fraction of sp³-hybridized carbons (Fsp3) is 0.538. The van der Waals surface area contributed by atoms with Crippen LogP contribution in [0.15, 0.2) is 30.3 Å². The summed E-state index contributed by atoms with van der Waals surface area (Å²) >= 11 is 0. The lowest BCUT2D eigenvalue weighted by Gasteiger charge is -2.16. The van der Waals surface area contributed by atoms with Crippen molar-refractivity contribution in [3.8, 4) is 0 Å². The van der Waals surface area contributed by atoms with E-state index in [2.05, 4.69) is 12.1 Å². The maximum atomic E-state index is 9.78. The van der Waals surface area contributed by atoms with Gasteiger partial charge in [0.25, 0.3) is 0 Å². The number of hydrogen-bond acceptors (Lipinski definition) is 2. The summed E-state index contributed by atoms with van der Waals surface area (Å²) in [5, 5.41) is 9.78. The lowest BCUT2D eigenvalue weighted by Crippen LogP contribution is -2.20. The van der Waals surface area contributed by atoms with Crippen molar-refractivity contribution in [1.29, 1.82) is 0 Å². The molecule has 0 aliphatic heterocycles. The molecule has 2 atom stereocenters. The molecule has 0 aromatic heterocycles. The van der Waals surface area contributed by atoms with Gasteiger partial charge >= 0.3 is 0 Å². The Morgan fingerprint density at radius 1 is 1.40 bits per heavy atom. The van der Waals surface area contributed by atoms with Crippen LogP contribution in [0.4, 0.5) is 0 Å². The fourth-order valence-electron chi connectivity index (χ4n) is 2.10. The van der Waals surface area contributed by atoms with Crippen molar-refractivity contribution < 1.29 is 9.84 Å². The van der Waals surface area contributed by atoms with Gasteiger partial charge in [-0.05, 0) is 25.3 Å². The summed E-state index contributed by atoms with van der Waals surface area (Å²) in [6.07, 6.45) is 2.81. The van der Waals surface area contributed by atoms with E-state index in [0.717, 1.165) is 19.3 Å². The van der Waals surface area contributed by atoms with Gasteiger partial charge in [0.2, 0.25) is 0 Å². The van der Waals surface area contributed by atoms with Gasteiger partial charge in [0.1, 0.15) is 0 Å². The molecular formula is C13H18O2. The molecule has 0 heterocycles. The zero-order chi connectivity index (χ0) is 10.7. The molecule has 1 N–H and O–H groups in total. The van der Waals surface area contributed by atoms with Gasteiger partial charge in [-0.3, -0.25) is 0 Å². The molecule has 1 aromatic carbocycles.